The molecule has 146 valence electrons. The molecule has 6 heteroatoms. The van der Waals surface area contributed by atoms with Gasteiger partial charge >= 0.3 is 5.97 Å². The Morgan fingerprint density at radius 3 is 2.61 bits per heavy atom. The van der Waals surface area contributed by atoms with Crippen molar-refractivity contribution < 1.29 is 14.3 Å². The van der Waals surface area contributed by atoms with Gasteiger partial charge in [-0.05, 0) is 62.4 Å². The first kappa shape index (κ1) is 19.6. The first-order chi connectivity index (χ1) is 13.7. The molecule has 0 aliphatic heterocycles. The van der Waals surface area contributed by atoms with Gasteiger partial charge in [0.05, 0.1) is 30.1 Å². The van der Waals surface area contributed by atoms with Gasteiger partial charge in [0.1, 0.15) is 0 Å². The monoisotopic (exact) mass is 379 g/mol. The van der Waals surface area contributed by atoms with Crippen molar-refractivity contribution in [3.05, 3.63) is 65.5 Å². The van der Waals surface area contributed by atoms with Crippen LogP contribution in [0.4, 0.5) is 11.4 Å². The zero-order valence-corrected chi connectivity index (χ0v) is 16.0. The standard InChI is InChI=1S/C22H25N3O3/c1-28-22(27)17-7-9-19(10-8-17)25-20-13-18(14-23-15-20)21(26)24-12-11-16-5-3-2-4-6-16/h5,7-10,13-15,25H,2-4,6,11-12H2,1H3,(H,24,26). The van der Waals surface area contributed by atoms with Crippen molar-refractivity contribution >= 4 is 23.3 Å². The summed E-state index contributed by atoms with van der Waals surface area (Å²) in [6.45, 7) is 0.636. The highest BCUT2D eigenvalue weighted by Crippen LogP contribution is 2.20. The summed E-state index contributed by atoms with van der Waals surface area (Å²) in [6.07, 6.45) is 11.2. The fraction of sp³-hybridized carbons (Fsp3) is 0.318. The first-order valence-electron chi connectivity index (χ1n) is 9.52. The molecule has 0 radical (unpaired) electrons. The lowest BCUT2D eigenvalue weighted by atomic mass is 9.97. The Kier molecular flexibility index (Phi) is 6.78. The minimum atomic E-state index is -0.379. The molecule has 0 unspecified atom stereocenters. The number of carbonyl (C=O) groups is 2. The highest BCUT2D eigenvalue weighted by molar-refractivity contribution is 5.95. The smallest absolute Gasteiger partial charge is 0.337 e. The van der Waals surface area contributed by atoms with E-state index < -0.39 is 0 Å². The lowest BCUT2D eigenvalue weighted by Gasteiger charge is -2.13. The number of ether oxygens (including phenoxy) is 1. The van der Waals surface area contributed by atoms with Crippen LogP contribution >= 0.6 is 0 Å². The summed E-state index contributed by atoms with van der Waals surface area (Å²) < 4.78 is 4.69. The molecular formula is C22H25N3O3. The van der Waals surface area contributed by atoms with Gasteiger partial charge in [-0.3, -0.25) is 9.78 Å². The minimum absolute atomic E-state index is 0.131. The van der Waals surface area contributed by atoms with Crippen LogP contribution in [0.2, 0.25) is 0 Å². The van der Waals surface area contributed by atoms with Gasteiger partial charge < -0.3 is 15.4 Å². The van der Waals surface area contributed by atoms with Crippen LogP contribution in [-0.2, 0) is 4.74 Å². The van der Waals surface area contributed by atoms with E-state index in [4.69, 9.17) is 4.74 Å². The predicted molar refractivity (Wildman–Crippen MR) is 109 cm³/mol. The molecule has 28 heavy (non-hydrogen) atoms. The van der Waals surface area contributed by atoms with Crippen molar-refractivity contribution in [3.63, 3.8) is 0 Å². The average Bonchev–Trinajstić information content (AvgIpc) is 2.74. The molecule has 3 rings (SSSR count). The van der Waals surface area contributed by atoms with Crippen LogP contribution in [0.3, 0.4) is 0 Å². The van der Waals surface area contributed by atoms with Crippen LogP contribution in [0.25, 0.3) is 0 Å². The van der Waals surface area contributed by atoms with E-state index in [0.717, 1.165) is 24.9 Å². The summed E-state index contributed by atoms with van der Waals surface area (Å²) in [7, 11) is 1.35. The van der Waals surface area contributed by atoms with Gasteiger partial charge in [-0.25, -0.2) is 4.79 Å². The molecule has 0 saturated heterocycles. The third-order valence-corrected chi connectivity index (χ3v) is 4.71. The summed E-state index contributed by atoms with van der Waals surface area (Å²) in [5.74, 6) is -0.510. The van der Waals surface area contributed by atoms with Gasteiger partial charge in [0.2, 0.25) is 0 Å². The number of amides is 1. The largest absolute Gasteiger partial charge is 0.465 e. The number of rotatable bonds is 7. The van der Waals surface area contributed by atoms with Crippen LogP contribution in [0.1, 0.15) is 52.8 Å². The molecule has 1 heterocycles. The molecule has 1 amide bonds. The minimum Gasteiger partial charge on any atom is -0.465 e. The van der Waals surface area contributed by atoms with E-state index in [0.29, 0.717) is 23.4 Å². The fourth-order valence-electron chi connectivity index (χ4n) is 3.18. The molecule has 1 aromatic heterocycles. The molecule has 1 aromatic carbocycles. The van der Waals surface area contributed by atoms with Gasteiger partial charge in [0.25, 0.3) is 5.91 Å². The number of benzene rings is 1. The van der Waals surface area contributed by atoms with Crippen LogP contribution < -0.4 is 10.6 Å². The predicted octanol–water partition coefficient (Wildman–Crippen LogP) is 4.23. The van der Waals surface area contributed by atoms with E-state index in [1.165, 1.54) is 25.5 Å². The highest BCUT2D eigenvalue weighted by Gasteiger charge is 2.09. The summed E-state index contributed by atoms with van der Waals surface area (Å²) >= 11 is 0. The second-order valence-corrected chi connectivity index (χ2v) is 6.77. The van der Waals surface area contributed by atoms with Crippen LogP contribution in [-0.4, -0.2) is 30.5 Å². The number of hydrogen-bond donors (Lipinski definition) is 2. The van der Waals surface area contributed by atoms with Crippen molar-refractivity contribution in [1.29, 1.82) is 0 Å². The van der Waals surface area contributed by atoms with Crippen molar-refractivity contribution in [2.45, 2.75) is 32.1 Å². The van der Waals surface area contributed by atoms with E-state index in [9.17, 15) is 9.59 Å². The molecule has 2 N–H and O–H groups in total. The number of nitrogens with one attached hydrogen (secondary N) is 2. The topological polar surface area (TPSA) is 80.3 Å². The third-order valence-electron chi connectivity index (χ3n) is 4.71. The zero-order chi connectivity index (χ0) is 19.8. The highest BCUT2D eigenvalue weighted by atomic mass is 16.5. The van der Waals surface area contributed by atoms with Gasteiger partial charge in [0, 0.05) is 18.4 Å². The Balaban J connectivity index is 1.56. The lowest BCUT2D eigenvalue weighted by molar-refractivity contribution is 0.0600. The first-order valence-corrected chi connectivity index (χ1v) is 9.52. The normalized spacial score (nSPS) is 13.4. The number of methoxy groups -OCH3 is 1. The van der Waals surface area contributed by atoms with E-state index >= 15 is 0 Å². The second-order valence-electron chi connectivity index (χ2n) is 6.77. The quantitative estimate of drug-likeness (QED) is 0.556. The number of allylic oxidation sites excluding steroid dienone is 1. The molecule has 2 aromatic rings. The van der Waals surface area contributed by atoms with E-state index in [1.807, 2.05) is 0 Å². The van der Waals surface area contributed by atoms with Crippen LogP contribution in [0.5, 0.6) is 0 Å². The number of aromatic nitrogens is 1. The lowest BCUT2D eigenvalue weighted by Crippen LogP contribution is -2.25. The summed E-state index contributed by atoms with van der Waals surface area (Å²) in [5.41, 5.74) is 3.92. The second kappa shape index (κ2) is 9.69. The number of carbonyl (C=O) groups excluding carboxylic acids is 2. The number of nitrogens with zero attached hydrogens (tertiary/aromatic N) is 1. The Labute approximate surface area is 165 Å². The SMILES string of the molecule is COC(=O)c1ccc(Nc2cncc(C(=O)NCCC3=CCCCC3)c2)cc1. The molecule has 6 nitrogen and oxygen atoms in total. The Bertz CT molecular complexity index is 860. The maximum atomic E-state index is 12.4. The molecule has 0 spiro atoms. The van der Waals surface area contributed by atoms with Crippen molar-refractivity contribution in [2.24, 2.45) is 0 Å². The zero-order valence-electron chi connectivity index (χ0n) is 16.0. The number of esters is 1. The third kappa shape index (κ3) is 5.42. The van der Waals surface area contributed by atoms with Gasteiger partial charge in [-0.2, -0.15) is 0 Å². The van der Waals surface area contributed by atoms with Gasteiger partial charge in [-0.1, -0.05) is 11.6 Å². The molecule has 1 aliphatic rings. The molecule has 0 fully saturated rings. The maximum absolute atomic E-state index is 12.4. The molecule has 0 saturated carbocycles. The maximum Gasteiger partial charge on any atom is 0.337 e. The molecule has 0 atom stereocenters. The summed E-state index contributed by atoms with van der Waals surface area (Å²) in [6, 6.07) is 8.67. The Morgan fingerprint density at radius 1 is 1.07 bits per heavy atom. The Hall–Kier alpha value is -3.15. The Morgan fingerprint density at radius 2 is 1.89 bits per heavy atom. The number of anilines is 2. The fourth-order valence-corrected chi connectivity index (χ4v) is 3.18. The van der Waals surface area contributed by atoms with E-state index in [2.05, 4.69) is 21.7 Å². The summed E-state index contributed by atoms with van der Waals surface area (Å²) in [5, 5.41) is 6.15. The van der Waals surface area contributed by atoms with Crippen molar-refractivity contribution in [1.82, 2.24) is 10.3 Å². The van der Waals surface area contributed by atoms with Crippen molar-refractivity contribution in [2.75, 3.05) is 19.0 Å². The molecular weight excluding hydrogens is 354 g/mol. The van der Waals surface area contributed by atoms with E-state index in [1.54, 1.807) is 42.7 Å². The van der Waals surface area contributed by atoms with Gasteiger partial charge in [0.15, 0.2) is 0 Å². The van der Waals surface area contributed by atoms with Crippen LogP contribution in [0.15, 0.2) is 54.4 Å². The average molecular weight is 379 g/mol. The van der Waals surface area contributed by atoms with Gasteiger partial charge in [-0.15, -0.1) is 0 Å². The summed E-state index contributed by atoms with van der Waals surface area (Å²) in [4.78, 5) is 28.0. The van der Waals surface area contributed by atoms with Crippen molar-refractivity contribution in [3.8, 4) is 0 Å². The molecule has 1 aliphatic carbocycles. The number of pyridine rings is 1. The van der Waals surface area contributed by atoms with E-state index in [-0.39, 0.29) is 11.9 Å². The number of hydrogen-bond acceptors (Lipinski definition) is 5. The van der Waals surface area contributed by atoms with Crippen LogP contribution in [0, 0.1) is 0 Å². The molecule has 0 bridgehead atoms.